The largest absolute Gasteiger partial charge is 0.309 e. The predicted octanol–water partition coefficient (Wildman–Crippen LogP) is 4.45. The van der Waals surface area contributed by atoms with Crippen molar-refractivity contribution in [3.05, 3.63) is 40.5 Å². The number of hydrogen-bond acceptors (Lipinski definition) is 6. The third kappa shape index (κ3) is 4.44. The molecule has 0 bridgehead atoms. The summed E-state index contributed by atoms with van der Waals surface area (Å²) in [5, 5.41) is 15.0. The summed E-state index contributed by atoms with van der Waals surface area (Å²) in [6.45, 7) is 4.12. The van der Waals surface area contributed by atoms with E-state index in [0.29, 0.717) is 10.2 Å². The van der Waals surface area contributed by atoms with E-state index in [0.717, 1.165) is 22.2 Å². The molecule has 0 atom stereocenters. The van der Waals surface area contributed by atoms with Gasteiger partial charge in [0.05, 0.1) is 11.4 Å². The SMILES string of the molecule is CC(C)c1nnc(SCC(=O)Nc2nc(-c3ccc(Cl)cc3)cs2)n1C. The van der Waals surface area contributed by atoms with Crippen molar-refractivity contribution in [3.8, 4) is 11.3 Å². The number of thioether (sulfide) groups is 1. The average molecular weight is 408 g/mol. The monoisotopic (exact) mass is 407 g/mol. The molecule has 136 valence electrons. The van der Waals surface area contributed by atoms with Gasteiger partial charge in [0.15, 0.2) is 10.3 Å². The summed E-state index contributed by atoms with van der Waals surface area (Å²) in [4.78, 5) is 16.6. The molecule has 1 amide bonds. The molecule has 3 rings (SSSR count). The van der Waals surface area contributed by atoms with Gasteiger partial charge in [0.1, 0.15) is 5.82 Å². The molecule has 0 aliphatic rings. The van der Waals surface area contributed by atoms with Gasteiger partial charge in [-0.25, -0.2) is 4.98 Å². The quantitative estimate of drug-likeness (QED) is 0.611. The molecule has 2 heterocycles. The fourth-order valence-electron chi connectivity index (χ4n) is 2.32. The Morgan fingerprint density at radius 2 is 2.04 bits per heavy atom. The number of amides is 1. The number of anilines is 1. The van der Waals surface area contributed by atoms with Gasteiger partial charge < -0.3 is 9.88 Å². The summed E-state index contributed by atoms with van der Waals surface area (Å²) in [5.41, 5.74) is 1.77. The van der Waals surface area contributed by atoms with Crippen LogP contribution in [0.5, 0.6) is 0 Å². The van der Waals surface area contributed by atoms with Crippen molar-refractivity contribution in [1.29, 1.82) is 0 Å². The minimum atomic E-state index is -0.124. The molecule has 0 aliphatic carbocycles. The van der Waals surface area contributed by atoms with Crippen molar-refractivity contribution in [1.82, 2.24) is 19.7 Å². The Kier molecular flexibility index (Phi) is 5.95. The van der Waals surface area contributed by atoms with Crippen LogP contribution in [0, 0.1) is 0 Å². The van der Waals surface area contributed by atoms with Crippen LogP contribution in [0.1, 0.15) is 25.6 Å². The molecule has 9 heteroatoms. The van der Waals surface area contributed by atoms with Gasteiger partial charge in [-0.1, -0.05) is 49.3 Å². The van der Waals surface area contributed by atoms with Crippen LogP contribution in [-0.2, 0) is 11.8 Å². The van der Waals surface area contributed by atoms with Crippen LogP contribution in [0.15, 0.2) is 34.8 Å². The van der Waals surface area contributed by atoms with Crippen LogP contribution in [-0.4, -0.2) is 31.4 Å². The highest BCUT2D eigenvalue weighted by Crippen LogP contribution is 2.26. The van der Waals surface area contributed by atoms with Crippen LogP contribution < -0.4 is 5.32 Å². The molecular weight excluding hydrogens is 390 g/mol. The number of nitrogens with zero attached hydrogens (tertiary/aromatic N) is 4. The number of carbonyl (C=O) groups is 1. The van der Waals surface area contributed by atoms with E-state index in [1.165, 1.54) is 23.1 Å². The fourth-order valence-corrected chi connectivity index (χ4v) is 3.90. The highest BCUT2D eigenvalue weighted by molar-refractivity contribution is 7.99. The summed E-state index contributed by atoms with van der Waals surface area (Å²) in [5.74, 6) is 1.32. The van der Waals surface area contributed by atoms with E-state index < -0.39 is 0 Å². The van der Waals surface area contributed by atoms with Crippen molar-refractivity contribution in [3.63, 3.8) is 0 Å². The molecule has 1 aromatic carbocycles. The lowest BCUT2D eigenvalue weighted by molar-refractivity contribution is -0.113. The standard InChI is InChI=1S/C17H18ClN5OS2/c1-10(2)15-21-22-17(23(15)3)26-9-14(24)20-16-19-13(8-25-16)11-4-6-12(18)7-5-11/h4-8,10H,9H2,1-3H3,(H,19,20,24). The maximum Gasteiger partial charge on any atom is 0.236 e. The number of carbonyl (C=O) groups excluding carboxylic acids is 1. The molecule has 0 radical (unpaired) electrons. The molecule has 0 unspecified atom stereocenters. The Morgan fingerprint density at radius 3 is 2.69 bits per heavy atom. The van der Waals surface area contributed by atoms with E-state index in [4.69, 9.17) is 11.6 Å². The van der Waals surface area contributed by atoms with Gasteiger partial charge >= 0.3 is 0 Å². The number of hydrogen-bond donors (Lipinski definition) is 1. The Labute approximate surface area is 165 Å². The van der Waals surface area contributed by atoms with Gasteiger partial charge in [-0.15, -0.1) is 21.5 Å². The number of benzene rings is 1. The molecule has 3 aromatic rings. The summed E-state index contributed by atoms with van der Waals surface area (Å²) in [7, 11) is 1.91. The lowest BCUT2D eigenvalue weighted by Crippen LogP contribution is -2.14. The third-order valence-electron chi connectivity index (χ3n) is 3.61. The zero-order chi connectivity index (χ0) is 18.7. The maximum absolute atomic E-state index is 12.2. The van der Waals surface area contributed by atoms with E-state index >= 15 is 0 Å². The molecule has 1 N–H and O–H groups in total. The van der Waals surface area contributed by atoms with Gasteiger partial charge in [-0.3, -0.25) is 4.79 Å². The van der Waals surface area contributed by atoms with Crippen LogP contribution in [0.2, 0.25) is 5.02 Å². The molecule has 2 aromatic heterocycles. The molecule has 26 heavy (non-hydrogen) atoms. The number of nitrogens with one attached hydrogen (secondary N) is 1. The minimum absolute atomic E-state index is 0.124. The first-order valence-electron chi connectivity index (χ1n) is 7.97. The fraction of sp³-hybridized carbons (Fsp3) is 0.294. The van der Waals surface area contributed by atoms with Crippen molar-refractivity contribution < 1.29 is 4.79 Å². The molecular formula is C17H18ClN5OS2. The van der Waals surface area contributed by atoms with Gasteiger partial charge in [0.2, 0.25) is 5.91 Å². The highest BCUT2D eigenvalue weighted by Gasteiger charge is 2.14. The van der Waals surface area contributed by atoms with E-state index in [1.807, 2.05) is 41.3 Å². The zero-order valence-electron chi connectivity index (χ0n) is 14.6. The van der Waals surface area contributed by atoms with Crippen molar-refractivity contribution in [2.75, 3.05) is 11.1 Å². The predicted molar refractivity (Wildman–Crippen MR) is 107 cm³/mol. The van der Waals surface area contributed by atoms with Crippen molar-refractivity contribution >= 4 is 45.7 Å². The average Bonchev–Trinajstić information content (AvgIpc) is 3.20. The summed E-state index contributed by atoms with van der Waals surface area (Å²) >= 11 is 8.65. The Balaban J connectivity index is 1.58. The first-order valence-corrected chi connectivity index (χ1v) is 10.2. The van der Waals surface area contributed by atoms with Gasteiger partial charge in [0.25, 0.3) is 0 Å². The second-order valence-corrected chi connectivity index (χ2v) is 8.17. The summed E-state index contributed by atoms with van der Waals surface area (Å²) in [6.07, 6.45) is 0. The second kappa shape index (κ2) is 8.20. The van der Waals surface area contributed by atoms with Crippen molar-refractivity contribution in [2.24, 2.45) is 7.05 Å². The Hall–Kier alpha value is -1.90. The van der Waals surface area contributed by atoms with E-state index in [1.54, 1.807) is 0 Å². The van der Waals surface area contributed by atoms with Crippen LogP contribution in [0.25, 0.3) is 11.3 Å². The van der Waals surface area contributed by atoms with Crippen LogP contribution >= 0.6 is 34.7 Å². The lowest BCUT2D eigenvalue weighted by Gasteiger charge is -2.05. The third-order valence-corrected chi connectivity index (χ3v) is 5.64. The Bertz CT molecular complexity index is 904. The molecule has 0 saturated heterocycles. The maximum atomic E-state index is 12.2. The first-order chi connectivity index (χ1) is 12.4. The molecule has 0 fully saturated rings. The van der Waals surface area contributed by atoms with E-state index in [2.05, 4.69) is 34.3 Å². The number of aromatic nitrogens is 4. The number of rotatable bonds is 6. The minimum Gasteiger partial charge on any atom is -0.309 e. The van der Waals surface area contributed by atoms with Gasteiger partial charge in [-0.2, -0.15) is 0 Å². The number of halogens is 1. The highest BCUT2D eigenvalue weighted by atomic mass is 35.5. The smallest absolute Gasteiger partial charge is 0.236 e. The van der Waals surface area contributed by atoms with E-state index in [9.17, 15) is 4.79 Å². The first kappa shape index (κ1) is 18.9. The molecule has 0 aliphatic heterocycles. The van der Waals surface area contributed by atoms with E-state index in [-0.39, 0.29) is 17.6 Å². The molecule has 0 spiro atoms. The zero-order valence-corrected chi connectivity index (χ0v) is 17.0. The topological polar surface area (TPSA) is 72.7 Å². The second-order valence-electron chi connectivity index (χ2n) is 5.94. The summed E-state index contributed by atoms with van der Waals surface area (Å²) < 4.78 is 1.92. The van der Waals surface area contributed by atoms with Gasteiger partial charge in [0, 0.05) is 28.9 Å². The van der Waals surface area contributed by atoms with Crippen LogP contribution in [0.4, 0.5) is 5.13 Å². The van der Waals surface area contributed by atoms with Crippen LogP contribution in [0.3, 0.4) is 0 Å². The summed E-state index contributed by atoms with van der Waals surface area (Å²) in [6, 6.07) is 7.44. The molecule has 0 saturated carbocycles. The van der Waals surface area contributed by atoms with Gasteiger partial charge in [-0.05, 0) is 12.1 Å². The molecule has 6 nitrogen and oxygen atoms in total. The lowest BCUT2D eigenvalue weighted by atomic mass is 10.2. The Morgan fingerprint density at radius 1 is 1.31 bits per heavy atom. The van der Waals surface area contributed by atoms with Crippen molar-refractivity contribution in [2.45, 2.75) is 24.9 Å². The number of thiazole rings is 1. The normalized spacial score (nSPS) is 11.1.